The van der Waals surface area contributed by atoms with E-state index in [9.17, 15) is 0 Å². The van der Waals surface area contributed by atoms with Crippen molar-refractivity contribution in [3.05, 3.63) is 18.2 Å². The van der Waals surface area contributed by atoms with Crippen LogP contribution >= 0.6 is 0 Å². The van der Waals surface area contributed by atoms with Gasteiger partial charge in [0.05, 0.1) is 31.5 Å². The minimum atomic E-state index is 0.452. The normalized spacial score (nSPS) is 22.4. The molecule has 1 atom stereocenters. The molecule has 0 aliphatic carbocycles. The van der Waals surface area contributed by atoms with E-state index in [-0.39, 0.29) is 0 Å². The Morgan fingerprint density at radius 1 is 1.53 bits per heavy atom. The molecule has 3 rings (SSSR count). The fourth-order valence-electron chi connectivity index (χ4n) is 2.57. The Labute approximate surface area is 102 Å². The molecular weight excluding hydrogens is 216 g/mol. The van der Waals surface area contributed by atoms with E-state index in [1.165, 1.54) is 5.69 Å². The average Bonchev–Trinajstić information content (AvgIpc) is 2.39. The smallest absolute Gasteiger partial charge is 0.144 e. The van der Waals surface area contributed by atoms with Crippen LogP contribution < -0.4 is 15.0 Å². The zero-order valence-corrected chi connectivity index (χ0v) is 10.1. The lowest BCUT2D eigenvalue weighted by molar-refractivity contribution is 0.0963. The molecule has 0 radical (unpaired) electrons. The molecule has 1 aromatic carbocycles. The van der Waals surface area contributed by atoms with Gasteiger partial charge in [0.2, 0.25) is 0 Å². The van der Waals surface area contributed by atoms with E-state index in [2.05, 4.69) is 22.3 Å². The predicted octanol–water partition coefficient (Wildman–Crippen LogP) is 1.72. The number of benzene rings is 1. The van der Waals surface area contributed by atoms with E-state index in [1.54, 1.807) is 0 Å². The molecule has 0 bridgehead atoms. The zero-order chi connectivity index (χ0) is 11.7. The molecule has 17 heavy (non-hydrogen) atoms. The molecular formula is C13H18N2O2. The molecule has 1 unspecified atom stereocenters. The SMILES string of the molecule is CCOc1cccc2c1NCC1COCCN21. The third-order valence-corrected chi connectivity index (χ3v) is 3.36. The van der Waals surface area contributed by atoms with E-state index in [1.807, 2.05) is 13.0 Å². The number of anilines is 2. The average molecular weight is 234 g/mol. The third kappa shape index (κ3) is 1.82. The highest BCUT2D eigenvalue weighted by Crippen LogP contribution is 2.39. The van der Waals surface area contributed by atoms with E-state index >= 15 is 0 Å². The first kappa shape index (κ1) is 10.7. The molecule has 1 fully saturated rings. The second kappa shape index (κ2) is 4.45. The number of nitrogens with one attached hydrogen (secondary N) is 1. The van der Waals surface area contributed by atoms with Gasteiger partial charge in [-0.2, -0.15) is 0 Å². The number of nitrogens with zero attached hydrogens (tertiary/aromatic N) is 1. The van der Waals surface area contributed by atoms with Crippen LogP contribution in [0.2, 0.25) is 0 Å². The number of hydrogen-bond donors (Lipinski definition) is 1. The van der Waals surface area contributed by atoms with Gasteiger partial charge in [-0.15, -0.1) is 0 Å². The first-order valence-electron chi connectivity index (χ1n) is 6.24. The molecule has 1 N–H and O–H groups in total. The van der Waals surface area contributed by atoms with Gasteiger partial charge in [0.1, 0.15) is 11.4 Å². The van der Waals surface area contributed by atoms with Crippen LogP contribution in [0.1, 0.15) is 6.92 Å². The largest absolute Gasteiger partial charge is 0.492 e. The van der Waals surface area contributed by atoms with E-state index in [0.717, 1.165) is 37.7 Å². The summed E-state index contributed by atoms with van der Waals surface area (Å²) in [4.78, 5) is 2.43. The van der Waals surface area contributed by atoms with Gasteiger partial charge in [0.25, 0.3) is 0 Å². The van der Waals surface area contributed by atoms with Crippen molar-refractivity contribution in [2.75, 3.05) is 43.1 Å². The first-order valence-corrected chi connectivity index (χ1v) is 6.24. The third-order valence-electron chi connectivity index (χ3n) is 3.36. The quantitative estimate of drug-likeness (QED) is 0.844. The first-order chi connectivity index (χ1) is 8.40. The van der Waals surface area contributed by atoms with Crippen molar-refractivity contribution in [3.63, 3.8) is 0 Å². The van der Waals surface area contributed by atoms with E-state index in [0.29, 0.717) is 12.6 Å². The van der Waals surface area contributed by atoms with Gasteiger partial charge >= 0.3 is 0 Å². The summed E-state index contributed by atoms with van der Waals surface area (Å²) in [5.74, 6) is 0.954. The molecule has 4 heteroatoms. The summed E-state index contributed by atoms with van der Waals surface area (Å²) in [6.45, 7) is 6.23. The second-order valence-electron chi connectivity index (χ2n) is 4.39. The lowest BCUT2D eigenvalue weighted by atomic mass is 10.1. The second-order valence-corrected chi connectivity index (χ2v) is 4.39. The van der Waals surface area contributed by atoms with Gasteiger partial charge in [0, 0.05) is 13.1 Å². The number of morpholine rings is 1. The van der Waals surface area contributed by atoms with Crippen molar-refractivity contribution in [3.8, 4) is 5.75 Å². The van der Waals surface area contributed by atoms with Crippen molar-refractivity contribution >= 4 is 11.4 Å². The summed E-state index contributed by atoms with van der Waals surface area (Å²) in [7, 11) is 0. The summed E-state index contributed by atoms with van der Waals surface area (Å²) in [6.07, 6.45) is 0. The Kier molecular flexibility index (Phi) is 2.81. The molecule has 2 heterocycles. The van der Waals surface area contributed by atoms with Gasteiger partial charge in [0.15, 0.2) is 0 Å². The molecule has 1 aromatic rings. The summed E-state index contributed by atoms with van der Waals surface area (Å²) in [6, 6.07) is 6.69. The van der Waals surface area contributed by atoms with Crippen LogP contribution in [0.5, 0.6) is 5.75 Å². The maximum Gasteiger partial charge on any atom is 0.144 e. The number of para-hydroxylation sites is 1. The minimum absolute atomic E-state index is 0.452. The maximum absolute atomic E-state index is 5.66. The number of hydrogen-bond acceptors (Lipinski definition) is 4. The van der Waals surface area contributed by atoms with Gasteiger partial charge in [-0.1, -0.05) is 6.07 Å². The Morgan fingerprint density at radius 3 is 3.35 bits per heavy atom. The summed E-state index contributed by atoms with van der Waals surface area (Å²) >= 11 is 0. The zero-order valence-electron chi connectivity index (χ0n) is 10.1. The van der Waals surface area contributed by atoms with Crippen LogP contribution in [0.3, 0.4) is 0 Å². The summed E-state index contributed by atoms with van der Waals surface area (Å²) in [5, 5.41) is 3.47. The van der Waals surface area contributed by atoms with Crippen molar-refractivity contribution in [2.45, 2.75) is 13.0 Å². The lowest BCUT2D eigenvalue weighted by Gasteiger charge is -2.42. The van der Waals surface area contributed by atoms with Crippen molar-refractivity contribution in [1.82, 2.24) is 0 Å². The topological polar surface area (TPSA) is 33.7 Å². The van der Waals surface area contributed by atoms with Gasteiger partial charge in [-0.3, -0.25) is 0 Å². The van der Waals surface area contributed by atoms with Gasteiger partial charge < -0.3 is 19.7 Å². The van der Waals surface area contributed by atoms with Crippen LogP contribution in [0.15, 0.2) is 18.2 Å². The number of rotatable bonds is 2. The van der Waals surface area contributed by atoms with E-state index in [4.69, 9.17) is 9.47 Å². The molecule has 2 aliphatic rings. The van der Waals surface area contributed by atoms with Crippen LogP contribution in [-0.2, 0) is 4.74 Å². The number of ether oxygens (including phenoxy) is 2. The molecule has 0 saturated carbocycles. The Bertz CT molecular complexity index is 408. The molecule has 0 spiro atoms. The predicted molar refractivity (Wildman–Crippen MR) is 68.1 cm³/mol. The van der Waals surface area contributed by atoms with Crippen LogP contribution in [0.25, 0.3) is 0 Å². The van der Waals surface area contributed by atoms with Gasteiger partial charge in [-0.05, 0) is 19.1 Å². The molecule has 1 saturated heterocycles. The van der Waals surface area contributed by atoms with Gasteiger partial charge in [-0.25, -0.2) is 0 Å². The van der Waals surface area contributed by atoms with Crippen LogP contribution in [-0.4, -0.2) is 39.0 Å². The monoisotopic (exact) mass is 234 g/mol. The molecule has 92 valence electrons. The molecule has 0 amide bonds. The van der Waals surface area contributed by atoms with E-state index < -0.39 is 0 Å². The molecule has 4 nitrogen and oxygen atoms in total. The molecule has 0 aromatic heterocycles. The van der Waals surface area contributed by atoms with Crippen LogP contribution in [0.4, 0.5) is 11.4 Å². The summed E-state index contributed by atoms with van der Waals surface area (Å²) < 4.78 is 11.2. The highest BCUT2D eigenvalue weighted by molar-refractivity contribution is 5.79. The van der Waals surface area contributed by atoms with Crippen LogP contribution in [0, 0.1) is 0 Å². The highest BCUT2D eigenvalue weighted by Gasteiger charge is 2.30. The maximum atomic E-state index is 5.66. The standard InChI is InChI=1S/C13H18N2O2/c1-2-17-12-5-3-4-11-13(12)14-8-10-9-16-7-6-15(10)11/h3-5,10,14H,2,6-9H2,1H3. The van der Waals surface area contributed by atoms with Crippen molar-refractivity contribution in [1.29, 1.82) is 0 Å². The minimum Gasteiger partial charge on any atom is -0.492 e. The fraction of sp³-hybridized carbons (Fsp3) is 0.538. The lowest BCUT2D eigenvalue weighted by Crippen LogP contribution is -2.51. The van der Waals surface area contributed by atoms with Crippen molar-refractivity contribution in [2.24, 2.45) is 0 Å². The molecule has 2 aliphatic heterocycles. The Morgan fingerprint density at radius 2 is 2.47 bits per heavy atom. The summed E-state index contributed by atoms with van der Waals surface area (Å²) in [5.41, 5.74) is 2.38. The Hall–Kier alpha value is -1.42. The number of fused-ring (bicyclic) bond motifs is 3. The Balaban J connectivity index is 1.96. The highest BCUT2D eigenvalue weighted by atomic mass is 16.5. The van der Waals surface area contributed by atoms with Crippen molar-refractivity contribution < 1.29 is 9.47 Å². The fourth-order valence-corrected chi connectivity index (χ4v) is 2.57.